The van der Waals surface area contributed by atoms with E-state index in [9.17, 15) is 13.6 Å². The van der Waals surface area contributed by atoms with Gasteiger partial charge < -0.3 is 14.5 Å². The highest BCUT2D eigenvalue weighted by molar-refractivity contribution is 5.76. The van der Waals surface area contributed by atoms with E-state index in [1.54, 1.807) is 13.0 Å². The fourth-order valence-corrected chi connectivity index (χ4v) is 5.86. The van der Waals surface area contributed by atoms with E-state index in [2.05, 4.69) is 19.8 Å². The summed E-state index contributed by atoms with van der Waals surface area (Å²) in [4.78, 5) is 26.6. The molecule has 9 heteroatoms. The van der Waals surface area contributed by atoms with Gasteiger partial charge in [-0.15, -0.1) is 0 Å². The van der Waals surface area contributed by atoms with Crippen LogP contribution in [-0.4, -0.2) is 77.8 Å². The Labute approximate surface area is 198 Å². The number of rotatable bonds is 4. The Hall–Kier alpha value is -2.81. The molecule has 2 aromatic rings. The number of nitrogens with zero attached hydrogens (tertiary/aromatic N) is 5. The molecular formula is C25H31F2N5O2. The number of ether oxygens (including phenoxy) is 1. The normalized spacial score (nSPS) is 22.2. The average molecular weight is 472 g/mol. The number of piperazine rings is 1. The van der Waals surface area contributed by atoms with Crippen LogP contribution in [0.25, 0.3) is 11.1 Å². The van der Waals surface area contributed by atoms with E-state index < -0.39 is 11.8 Å². The first-order valence-electron chi connectivity index (χ1n) is 12.1. The number of carbonyl (C=O) groups is 1. The van der Waals surface area contributed by atoms with Crippen LogP contribution in [0.1, 0.15) is 31.9 Å². The van der Waals surface area contributed by atoms with Crippen molar-refractivity contribution in [1.82, 2.24) is 19.8 Å². The molecule has 0 unspecified atom stereocenters. The minimum Gasteiger partial charge on any atom is -0.450 e. The first-order chi connectivity index (χ1) is 16.4. The highest BCUT2D eigenvalue weighted by Gasteiger charge is 2.51. The molecule has 3 fully saturated rings. The predicted octanol–water partition coefficient (Wildman–Crippen LogP) is 3.86. The Morgan fingerprint density at radius 2 is 1.94 bits per heavy atom. The Morgan fingerprint density at radius 1 is 1.18 bits per heavy atom. The molecule has 3 aliphatic rings. The molecule has 5 rings (SSSR count). The highest BCUT2D eigenvalue weighted by Crippen LogP contribution is 2.47. The molecule has 1 amide bonds. The molecule has 1 atom stereocenters. The number of amides is 1. The number of hydrogen-bond acceptors (Lipinski definition) is 6. The van der Waals surface area contributed by atoms with E-state index in [1.807, 2.05) is 11.8 Å². The maximum Gasteiger partial charge on any atom is 0.409 e. The molecule has 1 aliphatic carbocycles. The summed E-state index contributed by atoms with van der Waals surface area (Å²) in [5, 5.41) is 0. The number of aromatic nitrogens is 2. The molecule has 0 bridgehead atoms. The first kappa shape index (κ1) is 23.0. The van der Waals surface area contributed by atoms with Gasteiger partial charge in [0.05, 0.1) is 12.8 Å². The third kappa shape index (κ3) is 4.45. The zero-order valence-electron chi connectivity index (χ0n) is 19.8. The molecule has 4 heterocycles. The van der Waals surface area contributed by atoms with E-state index in [4.69, 9.17) is 4.74 Å². The van der Waals surface area contributed by atoms with Crippen molar-refractivity contribution >= 4 is 11.9 Å². The van der Waals surface area contributed by atoms with Crippen LogP contribution in [0.2, 0.25) is 0 Å². The van der Waals surface area contributed by atoms with Crippen molar-refractivity contribution in [2.45, 2.75) is 39.2 Å². The van der Waals surface area contributed by atoms with Crippen LogP contribution in [0.15, 0.2) is 24.4 Å². The number of halogens is 2. The monoisotopic (exact) mass is 471 g/mol. The second kappa shape index (κ2) is 9.09. The summed E-state index contributed by atoms with van der Waals surface area (Å²) in [7, 11) is 0. The van der Waals surface area contributed by atoms with E-state index >= 15 is 0 Å². The molecule has 2 aliphatic heterocycles. The van der Waals surface area contributed by atoms with Crippen LogP contribution in [0.3, 0.4) is 0 Å². The first-order valence-corrected chi connectivity index (χ1v) is 12.1. The van der Waals surface area contributed by atoms with Gasteiger partial charge in [0.1, 0.15) is 11.6 Å². The summed E-state index contributed by atoms with van der Waals surface area (Å²) in [6, 6.07) is 5.04. The largest absolute Gasteiger partial charge is 0.450 e. The van der Waals surface area contributed by atoms with Gasteiger partial charge in [-0.05, 0) is 50.8 Å². The molecular weight excluding hydrogens is 440 g/mol. The van der Waals surface area contributed by atoms with Crippen LogP contribution in [0.4, 0.5) is 19.4 Å². The Kier molecular flexibility index (Phi) is 6.14. The minimum atomic E-state index is -0.581. The molecule has 2 aromatic heterocycles. The summed E-state index contributed by atoms with van der Waals surface area (Å²) < 4.78 is 33.1. The van der Waals surface area contributed by atoms with E-state index in [0.717, 1.165) is 58.5 Å². The lowest BCUT2D eigenvalue weighted by Gasteiger charge is -2.48. The Balaban J connectivity index is 1.23. The molecule has 1 saturated carbocycles. The third-order valence-electron chi connectivity index (χ3n) is 7.45. The van der Waals surface area contributed by atoms with Crippen molar-refractivity contribution < 1.29 is 18.3 Å². The number of hydrogen-bond donors (Lipinski definition) is 0. The summed E-state index contributed by atoms with van der Waals surface area (Å²) in [5.74, 6) is -0.346. The summed E-state index contributed by atoms with van der Waals surface area (Å²) in [6.45, 7) is 8.90. The van der Waals surface area contributed by atoms with E-state index in [-0.39, 0.29) is 11.5 Å². The molecule has 1 spiro atoms. The second-order valence-corrected chi connectivity index (χ2v) is 9.82. The molecule has 34 heavy (non-hydrogen) atoms. The van der Waals surface area contributed by atoms with E-state index in [0.29, 0.717) is 35.3 Å². The van der Waals surface area contributed by atoms with Gasteiger partial charge >= 0.3 is 6.09 Å². The molecule has 2 saturated heterocycles. The zero-order valence-corrected chi connectivity index (χ0v) is 19.8. The van der Waals surface area contributed by atoms with Gasteiger partial charge in [-0.2, -0.15) is 4.39 Å². The lowest BCUT2D eigenvalue weighted by molar-refractivity contribution is -0.00294. The number of likely N-dealkylation sites (tertiary alicyclic amines) is 1. The Morgan fingerprint density at radius 3 is 2.65 bits per heavy atom. The van der Waals surface area contributed by atoms with Crippen LogP contribution >= 0.6 is 0 Å². The maximum absolute atomic E-state index is 14.1. The van der Waals surface area contributed by atoms with Crippen molar-refractivity contribution in [3.05, 3.63) is 41.9 Å². The number of pyridine rings is 2. The zero-order chi connectivity index (χ0) is 23.9. The Bertz CT molecular complexity index is 1050. The van der Waals surface area contributed by atoms with Crippen molar-refractivity contribution in [1.29, 1.82) is 0 Å². The van der Waals surface area contributed by atoms with Gasteiger partial charge in [0.25, 0.3) is 0 Å². The summed E-state index contributed by atoms with van der Waals surface area (Å²) >= 11 is 0. The van der Waals surface area contributed by atoms with Gasteiger partial charge in [-0.1, -0.05) is 0 Å². The second-order valence-electron chi connectivity index (χ2n) is 9.82. The molecule has 0 radical (unpaired) electrons. The average Bonchev–Trinajstić information content (AvgIpc) is 3.24. The highest BCUT2D eigenvalue weighted by atomic mass is 19.1. The van der Waals surface area contributed by atoms with Crippen molar-refractivity contribution in [3.63, 3.8) is 0 Å². The van der Waals surface area contributed by atoms with Crippen LogP contribution in [0.5, 0.6) is 0 Å². The molecule has 7 nitrogen and oxygen atoms in total. The van der Waals surface area contributed by atoms with Gasteiger partial charge in [0.2, 0.25) is 5.95 Å². The topological polar surface area (TPSA) is 61.8 Å². The van der Waals surface area contributed by atoms with Crippen molar-refractivity contribution in [2.75, 3.05) is 50.8 Å². The molecule has 0 aromatic carbocycles. The summed E-state index contributed by atoms with van der Waals surface area (Å²) in [6.07, 6.45) is 4.43. The van der Waals surface area contributed by atoms with Crippen LogP contribution < -0.4 is 4.90 Å². The number of aryl methyl sites for hydroxylation is 1. The summed E-state index contributed by atoms with van der Waals surface area (Å²) in [5.41, 5.74) is 1.96. The number of anilines is 1. The molecule has 182 valence electrons. The van der Waals surface area contributed by atoms with Crippen LogP contribution in [0, 0.1) is 24.1 Å². The van der Waals surface area contributed by atoms with Gasteiger partial charge in [0.15, 0.2) is 0 Å². The predicted molar refractivity (Wildman–Crippen MR) is 125 cm³/mol. The van der Waals surface area contributed by atoms with Crippen LogP contribution in [-0.2, 0) is 4.74 Å². The number of carbonyl (C=O) groups excluding carboxylic acids is 1. The fraction of sp³-hybridized carbons (Fsp3) is 0.560. The maximum atomic E-state index is 14.1. The lowest BCUT2D eigenvalue weighted by atomic mass is 9.78. The van der Waals surface area contributed by atoms with E-state index in [1.165, 1.54) is 18.3 Å². The third-order valence-corrected chi connectivity index (χ3v) is 7.45. The SMILES string of the molecule is CCOC(=O)N1CC2(CC[C@@H](N3CCN(c4ncc(F)cc4-c4cc(C)nc(F)c4)CC3)C2)C1. The lowest BCUT2D eigenvalue weighted by Crippen LogP contribution is -2.58. The smallest absolute Gasteiger partial charge is 0.409 e. The fourth-order valence-electron chi connectivity index (χ4n) is 5.86. The van der Waals surface area contributed by atoms with Gasteiger partial charge in [-0.25, -0.2) is 19.2 Å². The van der Waals surface area contributed by atoms with Gasteiger partial charge in [-0.3, -0.25) is 4.90 Å². The standard InChI is InChI=1S/C25H31F2N5O2/c1-3-34-24(33)32-15-25(16-32)5-4-20(13-25)30-6-8-31(9-7-30)23-21(12-19(26)14-28-23)18-10-17(2)29-22(27)11-18/h10-12,14,20H,3-9,13,15-16H2,1-2H3/t20-/m1/s1. The van der Waals surface area contributed by atoms with Crippen molar-refractivity contribution in [3.8, 4) is 11.1 Å². The van der Waals surface area contributed by atoms with Crippen molar-refractivity contribution in [2.24, 2.45) is 5.41 Å². The van der Waals surface area contributed by atoms with Gasteiger partial charge in [0, 0.05) is 68.0 Å². The minimum absolute atomic E-state index is 0.197. The molecule has 0 N–H and O–H groups in total. The quantitative estimate of drug-likeness (QED) is 0.631.